The number of halogens is 1. The number of alkyl halides is 1. The van der Waals surface area contributed by atoms with Gasteiger partial charge in [-0.3, -0.25) is 0 Å². The molecule has 1 aromatic heterocycles. The number of allylic oxidation sites excluding steroid dienone is 1. The van der Waals surface area contributed by atoms with Crippen molar-refractivity contribution in [2.75, 3.05) is 5.88 Å². The lowest BCUT2D eigenvalue weighted by Gasteiger charge is -1.87. The predicted molar refractivity (Wildman–Crippen MR) is 33.9 cm³/mol. The van der Waals surface area contributed by atoms with Gasteiger partial charge in [-0.1, -0.05) is 6.58 Å². The van der Waals surface area contributed by atoms with Gasteiger partial charge in [0.1, 0.15) is 0 Å². The summed E-state index contributed by atoms with van der Waals surface area (Å²) >= 11 is 5.42. The predicted octanol–water partition coefficient (Wildman–Crippen LogP) is 0.452. The van der Waals surface area contributed by atoms with Crippen molar-refractivity contribution >= 4 is 17.2 Å². The first kappa shape index (κ1) is 6.22. The molecule has 0 bridgehead atoms. The van der Waals surface area contributed by atoms with Crippen molar-refractivity contribution in [1.29, 1.82) is 0 Å². The van der Waals surface area contributed by atoms with Crippen molar-refractivity contribution < 1.29 is 0 Å². The fraction of sp³-hybridized carbons (Fsp3) is 0.250. The first-order chi connectivity index (χ1) is 4.34. The second kappa shape index (κ2) is 2.59. The zero-order chi connectivity index (χ0) is 6.69. The van der Waals surface area contributed by atoms with Gasteiger partial charge < -0.3 is 0 Å². The number of tetrazole rings is 1. The molecule has 0 saturated carbocycles. The number of rotatable bonds is 2. The Morgan fingerprint density at radius 2 is 2.56 bits per heavy atom. The molecule has 0 aromatic carbocycles. The summed E-state index contributed by atoms with van der Waals surface area (Å²) in [6.45, 7) is 3.60. The molecule has 4 nitrogen and oxygen atoms in total. The van der Waals surface area contributed by atoms with Crippen molar-refractivity contribution in [3.8, 4) is 0 Å². The first-order valence-electron chi connectivity index (χ1n) is 2.32. The fourth-order valence-electron chi connectivity index (χ4n) is 0.371. The Labute approximate surface area is 56.9 Å². The fourth-order valence-corrected chi connectivity index (χ4v) is 0.491. The lowest BCUT2D eigenvalue weighted by molar-refractivity contribution is 0.881. The van der Waals surface area contributed by atoms with Crippen LogP contribution >= 0.6 is 11.6 Å². The summed E-state index contributed by atoms with van der Waals surface area (Å²) in [7, 11) is 0. The number of hydrogen-bond donors (Lipinski definition) is 1. The van der Waals surface area contributed by atoms with E-state index in [-0.39, 0.29) is 0 Å². The minimum absolute atomic E-state index is 0.333. The van der Waals surface area contributed by atoms with E-state index in [0.29, 0.717) is 17.3 Å². The zero-order valence-corrected chi connectivity index (χ0v) is 5.39. The Kier molecular flexibility index (Phi) is 1.79. The first-order valence-corrected chi connectivity index (χ1v) is 2.85. The Morgan fingerprint density at radius 1 is 1.78 bits per heavy atom. The summed E-state index contributed by atoms with van der Waals surface area (Å²) in [6.07, 6.45) is 0. The molecule has 1 N–H and O–H groups in total. The maximum Gasteiger partial charge on any atom is 0.201 e. The monoisotopic (exact) mass is 144 g/mol. The number of hydrogen-bond acceptors (Lipinski definition) is 3. The SMILES string of the molecule is C=C(CCl)c1nn[nH]n1. The zero-order valence-electron chi connectivity index (χ0n) is 4.63. The molecule has 1 rings (SSSR count). The molecule has 0 aliphatic carbocycles. The lowest BCUT2D eigenvalue weighted by Crippen LogP contribution is -1.86. The van der Waals surface area contributed by atoms with Crippen LogP contribution in [0.25, 0.3) is 5.57 Å². The van der Waals surface area contributed by atoms with Crippen LogP contribution in [-0.4, -0.2) is 26.5 Å². The van der Waals surface area contributed by atoms with Crippen molar-refractivity contribution in [1.82, 2.24) is 20.6 Å². The average Bonchev–Trinajstić information content (AvgIpc) is 2.37. The Hall–Kier alpha value is -0.900. The molecule has 0 aliphatic rings. The molecule has 0 atom stereocenters. The van der Waals surface area contributed by atoms with Gasteiger partial charge in [0.2, 0.25) is 5.82 Å². The molecule has 0 radical (unpaired) electrons. The van der Waals surface area contributed by atoms with Crippen LogP contribution in [0.2, 0.25) is 0 Å². The summed E-state index contributed by atoms with van der Waals surface area (Å²) in [6, 6.07) is 0. The lowest BCUT2D eigenvalue weighted by atomic mass is 10.3. The highest BCUT2D eigenvalue weighted by molar-refractivity contribution is 6.22. The van der Waals surface area contributed by atoms with Crippen molar-refractivity contribution in [3.05, 3.63) is 12.4 Å². The molecule has 0 fully saturated rings. The van der Waals surface area contributed by atoms with Crippen LogP contribution in [0, 0.1) is 0 Å². The quantitative estimate of drug-likeness (QED) is 0.614. The summed E-state index contributed by atoms with van der Waals surface area (Å²) in [5, 5.41) is 12.9. The van der Waals surface area contributed by atoms with Crippen LogP contribution < -0.4 is 0 Å². The third kappa shape index (κ3) is 1.26. The van der Waals surface area contributed by atoms with E-state index in [0.717, 1.165) is 0 Å². The molecular formula is C4H5ClN4. The van der Waals surface area contributed by atoms with Gasteiger partial charge in [0.15, 0.2) is 0 Å². The average molecular weight is 145 g/mol. The normalized spacial score (nSPS) is 9.44. The Bertz CT molecular complexity index is 192. The molecule has 48 valence electrons. The molecule has 0 unspecified atom stereocenters. The largest absolute Gasteiger partial charge is 0.201 e. The van der Waals surface area contributed by atoms with E-state index in [9.17, 15) is 0 Å². The van der Waals surface area contributed by atoms with E-state index in [4.69, 9.17) is 11.6 Å². The van der Waals surface area contributed by atoms with Gasteiger partial charge >= 0.3 is 0 Å². The van der Waals surface area contributed by atoms with Gasteiger partial charge in [0.05, 0.1) is 5.88 Å². The molecule has 1 aromatic rings. The molecule has 5 heteroatoms. The topological polar surface area (TPSA) is 54.5 Å². The molecule has 0 saturated heterocycles. The number of aromatic amines is 1. The summed E-state index contributed by atoms with van der Waals surface area (Å²) in [5.74, 6) is 0.810. The third-order valence-corrected chi connectivity index (χ3v) is 1.15. The highest BCUT2D eigenvalue weighted by Crippen LogP contribution is 2.04. The minimum atomic E-state index is 0.333. The van der Waals surface area contributed by atoms with Gasteiger partial charge in [-0.05, 0) is 5.21 Å². The maximum absolute atomic E-state index is 5.42. The molecular weight excluding hydrogens is 140 g/mol. The van der Waals surface area contributed by atoms with Gasteiger partial charge in [-0.15, -0.1) is 21.8 Å². The summed E-state index contributed by atoms with van der Waals surface area (Å²) < 4.78 is 0. The van der Waals surface area contributed by atoms with E-state index in [1.165, 1.54) is 0 Å². The molecule has 9 heavy (non-hydrogen) atoms. The molecule has 0 spiro atoms. The van der Waals surface area contributed by atoms with Crippen LogP contribution in [0.3, 0.4) is 0 Å². The molecule has 0 amide bonds. The number of nitrogens with zero attached hydrogens (tertiary/aromatic N) is 3. The second-order valence-electron chi connectivity index (χ2n) is 1.47. The van der Waals surface area contributed by atoms with Gasteiger partial charge in [-0.2, -0.15) is 5.21 Å². The Balaban J connectivity index is 2.77. The van der Waals surface area contributed by atoms with Gasteiger partial charge in [0.25, 0.3) is 0 Å². The van der Waals surface area contributed by atoms with Gasteiger partial charge in [-0.25, -0.2) is 0 Å². The second-order valence-corrected chi connectivity index (χ2v) is 1.74. The van der Waals surface area contributed by atoms with Crippen molar-refractivity contribution in [3.63, 3.8) is 0 Å². The van der Waals surface area contributed by atoms with Crippen LogP contribution in [0.4, 0.5) is 0 Å². The highest BCUT2D eigenvalue weighted by atomic mass is 35.5. The van der Waals surface area contributed by atoms with Crippen LogP contribution in [0.5, 0.6) is 0 Å². The minimum Gasteiger partial charge on any atom is -0.177 e. The van der Waals surface area contributed by atoms with Gasteiger partial charge in [0, 0.05) is 5.57 Å². The van der Waals surface area contributed by atoms with Crippen molar-refractivity contribution in [2.24, 2.45) is 0 Å². The molecule has 0 aliphatic heterocycles. The highest BCUT2D eigenvalue weighted by Gasteiger charge is 1.99. The summed E-state index contributed by atoms with van der Waals surface area (Å²) in [5.41, 5.74) is 0.672. The van der Waals surface area contributed by atoms with Crippen molar-refractivity contribution in [2.45, 2.75) is 0 Å². The van der Waals surface area contributed by atoms with E-state index in [1.807, 2.05) is 0 Å². The van der Waals surface area contributed by atoms with E-state index < -0.39 is 0 Å². The third-order valence-electron chi connectivity index (χ3n) is 0.823. The smallest absolute Gasteiger partial charge is 0.177 e. The number of aromatic nitrogens is 4. The standard InChI is InChI=1S/C4H5ClN4/c1-3(2-5)4-6-8-9-7-4/h1-2H2,(H,6,7,8,9). The van der Waals surface area contributed by atoms with E-state index in [2.05, 4.69) is 27.2 Å². The van der Waals surface area contributed by atoms with E-state index >= 15 is 0 Å². The molecule has 1 heterocycles. The summed E-state index contributed by atoms with van der Waals surface area (Å²) in [4.78, 5) is 0. The number of H-pyrrole nitrogens is 1. The number of nitrogens with one attached hydrogen (secondary N) is 1. The van der Waals surface area contributed by atoms with Crippen LogP contribution in [-0.2, 0) is 0 Å². The van der Waals surface area contributed by atoms with Crippen LogP contribution in [0.15, 0.2) is 6.58 Å². The Morgan fingerprint density at radius 3 is 3.00 bits per heavy atom. The maximum atomic E-state index is 5.42. The van der Waals surface area contributed by atoms with Crippen LogP contribution in [0.1, 0.15) is 5.82 Å². The van der Waals surface area contributed by atoms with E-state index in [1.54, 1.807) is 0 Å².